The molecule has 1 unspecified atom stereocenters. The smallest absolute Gasteiger partial charge is 0.418 e. The molecular formula is C20H18F3N3O3S. The standard InChI is InChI=1S/C20H18F3N3O3S/c1-2-29-13-9-7-12(8-10-13)24-17(27)11-16-18(28)26-19(30-16)25-15-6-4-3-5-14(15)20(21,22)23/h3-10,16H,2,11H2,1H3,(H,24,27)(H,25,26,28). The second-order valence-electron chi connectivity index (χ2n) is 6.24. The fourth-order valence-corrected chi connectivity index (χ4v) is 3.67. The number of amidine groups is 1. The van der Waals surface area contributed by atoms with Crippen LogP contribution in [0.2, 0.25) is 0 Å². The van der Waals surface area contributed by atoms with E-state index in [1.165, 1.54) is 18.2 Å². The Morgan fingerprint density at radius 1 is 1.20 bits per heavy atom. The topological polar surface area (TPSA) is 79.8 Å². The van der Waals surface area contributed by atoms with Crippen LogP contribution in [0.25, 0.3) is 0 Å². The molecular weight excluding hydrogens is 419 g/mol. The summed E-state index contributed by atoms with van der Waals surface area (Å²) in [4.78, 5) is 28.3. The molecule has 10 heteroatoms. The van der Waals surface area contributed by atoms with Crippen LogP contribution in [0.5, 0.6) is 5.75 Å². The third-order valence-corrected chi connectivity index (χ3v) is 5.11. The molecule has 1 saturated heterocycles. The fourth-order valence-electron chi connectivity index (χ4n) is 2.69. The second kappa shape index (κ2) is 9.21. The number of carbonyl (C=O) groups excluding carboxylic acids is 2. The van der Waals surface area contributed by atoms with E-state index in [0.29, 0.717) is 18.0 Å². The van der Waals surface area contributed by atoms with Crippen molar-refractivity contribution in [2.45, 2.75) is 24.8 Å². The van der Waals surface area contributed by atoms with E-state index in [2.05, 4.69) is 15.6 Å². The molecule has 2 aromatic carbocycles. The van der Waals surface area contributed by atoms with Crippen molar-refractivity contribution in [2.75, 3.05) is 11.9 Å². The van der Waals surface area contributed by atoms with E-state index in [0.717, 1.165) is 17.8 Å². The van der Waals surface area contributed by atoms with Gasteiger partial charge in [0.05, 0.1) is 17.9 Å². The molecule has 3 rings (SSSR count). The molecule has 0 bridgehead atoms. The zero-order chi connectivity index (χ0) is 21.7. The predicted octanol–water partition coefficient (Wildman–Crippen LogP) is 4.35. The van der Waals surface area contributed by atoms with Gasteiger partial charge in [0.15, 0.2) is 5.17 Å². The van der Waals surface area contributed by atoms with Gasteiger partial charge in [-0.1, -0.05) is 23.9 Å². The molecule has 1 heterocycles. The summed E-state index contributed by atoms with van der Waals surface area (Å²) >= 11 is 0.922. The van der Waals surface area contributed by atoms with Crippen molar-refractivity contribution in [3.8, 4) is 5.75 Å². The summed E-state index contributed by atoms with van der Waals surface area (Å²) in [5, 5.41) is 4.34. The number of amides is 2. The third kappa shape index (κ3) is 5.53. The van der Waals surface area contributed by atoms with Crippen molar-refractivity contribution < 1.29 is 27.5 Å². The lowest BCUT2D eigenvalue weighted by atomic mass is 10.2. The van der Waals surface area contributed by atoms with Gasteiger partial charge in [-0.05, 0) is 43.3 Å². The Hall–Kier alpha value is -3.01. The van der Waals surface area contributed by atoms with Gasteiger partial charge in [-0.3, -0.25) is 9.59 Å². The highest BCUT2D eigenvalue weighted by molar-refractivity contribution is 8.15. The second-order valence-corrected chi connectivity index (χ2v) is 7.43. The van der Waals surface area contributed by atoms with Crippen molar-refractivity contribution in [1.82, 2.24) is 5.32 Å². The molecule has 6 nitrogen and oxygen atoms in total. The molecule has 0 radical (unpaired) electrons. The Bertz CT molecular complexity index is 962. The molecule has 1 aliphatic rings. The lowest BCUT2D eigenvalue weighted by Crippen LogP contribution is -2.28. The average molecular weight is 437 g/mol. The maximum atomic E-state index is 13.1. The summed E-state index contributed by atoms with van der Waals surface area (Å²) in [5.74, 6) is -0.213. The van der Waals surface area contributed by atoms with Gasteiger partial charge >= 0.3 is 6.18 Å². The van der Waals surface area contributed by atoms with E-state index in [-0.39, 0.29) is 17.3 Å². The highest BCUT2D eigenvalue weighted by Gasteiger charge is 2.35. The number of nitrogens with one attached hydrogen (secondary N) is 2. The molecule has 2 aromatic rings. The maximum Gasteiger partial charge on any atom is 0.418 e. The molecule has 158 valence electrons. The number of para-hydroxylation sites is 1. The van der Waals surface area contributed by atoms with Crippen LogP contribution in [0.3, 0.4) is 0 Å². The summed E-state index contributed by atoms with van der Waals surface area (Å²) < 4.78 is 44.6. The van der Waals surface area contributed by atoms with Gasteiger partial charge in [-0.15, -0.1) is 0 Å². The SMILES string of the molecule is CCOc1ccc(NC(=O)CC2SC(=Nc3ccccc3C(F)(F)F)NC2=O)cc1. The Kier molecular flexibility index (Phi) is 6.66. The first-order valence-corrected chi connectivity index (χ1v) is 9.89. The molecule has 30 heavy (non-hydrogen) atoms. The fraction of sp³-hybridized carbons (Fsp3) is 0.250. The van der Waals surface area contributed by atoms with Crippen LogP contribution < -0.4 is 15.4 Å². The van der Waals surface area contributed by atoms with E-state index in [4.69, 9.17) is 4.74 Å². The van der Waals surface area contributed by atoms with E-state index >= 15 is 0 Å². The van der Waals surface area contributed by atoms with Crippen LogP contribution in [0.15, 0.2) is 53.5 Å². The Labute approximate surface area is 174 Å². The number of aliphatic imine (C=N–C) groups is 1. The number of benzene rings is 2. The maximum absolute atomic E-state index is 13.1. The van der Waals surface area contributed by atoms with Crippen LogP contribution in [-0.2, 0) is 15.8 Å². The summed E-state index contributed by atoms with van der Waals surface area (Å²) in [6, 6.07) is 11.6. The zero-order valence-electron chi connectivity index (χ0n) is 15.8. The molecule has 0 aromatic heterocycles. The minimum absolute atomic E-state index is 0.0237. The normalized spacial score (nSPS) is 17.7. The molecule has 0 aliphatic carbocycles. The number of alkyl halides is 3. The van der Waals surface area contributed by atoms with Gasteiger partial charge < -0.3 is 15.4 Å². The van der Waals surface area contributed by atoms with Crippen LogP contribution in [0, 0.1) is 0 Å². The summed E-state index contributed by atoms with van der Waals surface area (Å²) in [6.45, 7) is 2.39. The summed E-state index contributed by atoms with van der Waals surface area (Å²) in [5.41, 5.74) is -0.656. The minimum atomic E-state index is -4.56. The number of thioether (sulfide) groups is 1. The van der Waals surface area contributed by atoms with E-state index in [9.17, 15) is 22.8 Å². The molecule has 0 saturated carbocycles. The highest BCUT2D eigenvalue weighted by atomic mass is 32.2. The molecule has 2 amide bonds. The Balaban J connectivity index is 1.63. The van der Waals surface area contributed by atoms with Gasteiger partial charge in [0.2, 0.25) is 11.8 Å². The van der Waals surface area contributed by atoms with Gasteiger partial charge in [0, 0.05) is 12.1 Å². The Morgan fingerprint density at radius 3 is 2.57 bits per heavy atom. The number of halogens is 3. The van der Waals surface area contributed by atoms with Crippen LogP contribution >= 0.6 is 11.8 Å². The van der Waals surface area contributed by atoms with Crippen molar-refractivity contribution in [3.05, 3.63) is 54.1 Å². The number of hydrogen-bond donors (Lipinski definition) is 2. The van der Waals surface area contributed by atoms with Crippen molar-refractivity contribution in [1.29, 1.82) is 0 Å². The predicted molar refractivity (Wildman–Crippen MR) is 109 cm³/mol. The first kappa shape index (κ1) is 21.7. The number of rotatable bonds is 6. The largest absolute Gasteiger partial charge is 0.494 e. The molecule has 0 spiro atoms. The number of anilines is 1. The van der Waals surface area contributed by atoms with Crippen molar-refractivity contribution >= 4 is 40.1 Å². The Morgan fingerprint density at radius 2 is 1.90 bits per heavy atom. The number of carbonyl (C=O) groups is 2. The average Bonchev–Trinajstić information content (AvgIpc) is 3.02. The third-order valence-electron chi connectivity index (χ3n) is 4.03. The quantitative estimate of drug-likeness (QED) is 0.704. The van der Waals surface area contributed by atoms with Gasteiger partial charge in [0.25, 0.3) is 0 Å². The van der Waals surface area contributed by atoms with Crippen molar-refractivity contribution in [2.24, 2.45) is 4.99 Å². The monoisotopic (exact) mass is 437 g/mol. The lowest BCUT2D eigenvalue weighted by molar-refractivity contribution is -0.137. The highest BCUT2D eigenvalue weighted by Crippen LogP contribution is 2.37. The van der Waals surface area contributed by atoms with E-state index in [1.807, 2.05) is 6.92 Å². The molecule has 1 aliphatic heterocycles. The van der Waals surface area contributed by atoms with Gasteiger partial charge in [-0.2, -0.15) is 13.2 Å². The number of ether oxygens (including phenoxy) is 1. The first-order chi connectivity index (χ1) is 14.3. The van der Waals surface area contributed by atoms with Crippen LogP contribution in [0.1, 0.15) is 18.9 Å². The molecule has 1 fully saturated rings. The summed E-state index contributed by atoms with van der Waals surface area (Å²) in [6.07, 6.45) is -4.71. The van der Waals surface area contributed by atoms with Crippen LogP contribution in [0.4, 0.5) is 24.5 Å². The summed E-state index contributed by atoms with van der Waals surface area (Å²) in [7, 11) is 0. The van der Waals surface area contributed by atoms with Gasteiger partial charge in [-0.25, -0.2) is 4.99 Å². The van der Waals surface area contributed by atoms with Crippen LogP contribution in [-0.4, -0.2) is 28.8 Å². The zero-order valence-corrected chi connectivity index (χ0v) is 16.6. The lowest BCUT2D eigenvalue weighted by Gasteiger charge is -2.09. The molecule has 1 atom stereocenters. The number of nitrogens with zero attached hydrogens (tertiary/aromatic N) is 1. The molecule has 2 N–H and O–H groups in total. The van der Waals surface area contributed by atoms with E-state index in [1.54, 1.807) is 24.3 Å². The first-order valence-electron chi connectivity index (χ1n) is 9.01. The van der Waals surface area contributed by atoms with Crippen molar-refractivity contribution in [3.63, 3.8) is 0 Å². The van der Waals surface area contributed by atoms with Gasteiger partial charge in [0.1, 0.15) is 11.0 Å². The minimum Gasteiger partial charge on any atom is -0.494 e. The van der Waals surface area contributed by atoms with E-state index < -0.39 is 28.8 Å². The number of hydrogen-bond acceptors (Lipinski definition) is 5.